The van der Waals surface area contributed by atoms with Crippen molar-refractivity contribution in [1.29, 1.82) is 0 Å². The van der Waals surface area contributed by atoms with Crippen molar-refractivity contribution in [3.8, 4) is 0 Å². The van der Waals surface area contributed by atoms with E-state index in [0.29, 0.717) is 11.5 Å². The zero-order valence-corrected chi connectivity index (χ0v) is 12.0. The molecule has 22 heavy (non-hydrogen) atoms. The number of allylic oxidation sites excluding steroid dienone is 1. The Balaban J connectivity index is 2.04. The van der Waals surface area contributed by atoms with Gasteiger partial charge in [-0.05, 0) is 24.8 Å². The third kappa shape index (κ3) is 2.34. The average Bonchev–Trinajstić information content (AvgIpc) is 3.31. The predicted molar refractivity (Wildman–Crippen MR) is 78.9 cm³/mol. The van der Waals surface area contributed by atoms with E-state index in [0.717, 1.165) is 12.8 Å². The Morgan fingerprint density at radius 2 is 2.05 bits per heavy atom. The summed E-state index contributed by atoms with van der Waals surface area (Å²) in [6.07, 6.45) is 3.14. The Morgan fingerprint density at radius 3 is 2.64 bits per heavy atom. The number of nitrogens with one attached hydrogen (secondary N) is 1. The molecule has 114 valence electrons. The van der Waals surface area contributed by atoms with Gasteiger partial charge in [-0.2, -0.15) is 0 Å². The van der Waals surface area contributed by atoms with E-state index in [1.807, 2.05) is 0 Å². The molecule has 0 saturated heterocycles. The second kappa shape index (κ2) is 5.25. The van der Waals surface area contributed by atoms with Crippen molar-refractivity contribution < 1.29 is 14.5 Å². The fraction of sp³-hybridized carbons (Fsp3) is 0.333. The molecule has 1 amide bonds. The molecule has 1 unspecified atom stereocenters. The number of hydrogen-bond acceptors (Lipinski definition) is 5. The number of nitrogens with zero attached hydrogens (tertiary/aromatic N) is 2. The van der Waals surface area contributed by atoms with Gasteiger partial charge in [0, 0.05) is 25.3 Å². The predicted octanol–water partition coefficient (Wildman–Crippen LogP) is 1.60. The molecular weight excluding hydrogens is 286 g/mol. The lowest BCUT2D eigenvalue weighted by Crippen LogP contribution is -2.47. The summed E-state index contributed by atoms with van der Waals surface area (Å²) in [7, 11) is 1.61. The molecule has 1 aliphatic heterocycles. The Hall–Kier alpha value is -2.70. The third-order valence-electron chi connectivity index (χ3n) is 3.96. The molecular formula is C15H15N3O4. The molecule has 0 bridgehead atoms. The van der Waals surface area contributed by atoms with Crippen molar-refractivity contribution >= 4 is 23.1 Å². The van der Waals surface area contributed by atoms with Gasteiger partial charge < -0.3 is 5.32 Å². The summed E-state index contributed by atoms with van der Waals surface area (Å²) in [5.41, 5.74) is 0.290. The molecule has 7 nitrogen and oxygen atoms in total. The quantitative estimate of drug-likeness (QED) is 0.518. The molecule has 0 spiro atoms. The van der Waals surface area contributed by atoms with Crippen LogP contribution in [0.15, 0.2) is 36.2 Å². The molecule has 0 radical (unpaired) electrons. The van der Waals surface area contributed by atoms with E-state index in [1.54, 1.807) is 13.1 Å². The first-order valence-corrected chi connectivity index (χ1v) is 7.04. The maximum absolute atomic E-state index is 12.7. The monoisotopic (exact) mass is 301 g/mol. The largest absolute Gasteiger partial charge is 0.374 e. The SMILES string of the molecule is CNC1=CC(=O)C(C2CC2)C(=O)N1c1cccc([N+](=O)[O-])c1. The van der Waals surface area contributed by atoms with E-state index < -0.39 is 10.8 Å². The Labute approximate surface area is 126 Å². The van der Waals surface area contributed by atoms with Crippen molar-refractivity contribution in [3.63, 3.8) is 0 Å². The fourth-order valence-corrected chi connectivity index (χ4v) is 2.73. The number of carbonyl (C=O) groups excluding carboxylic acids is 2. The number of benzene rings is 1. The highest BCUT2D eigenvalue weighted by atomic mass is 16.6. The third-order valence-corrected chi connectivity index (χ3v) is 3.96. The van der Waals surface area contributed by atoms with Gasteiger partial charge in [-0.1, -0.05) is 6.07 Å². The van der Waals surface area contributed by atoms with Crippen LogP contribution in [0, 0.1) is 22.0 Å². The number of carbonyl (C=O) groups is 2. The molecule has 1 atom stereocenters. The number of anilines is 1. The summed E-state index contributed by atoms with van der Waals surface area (Å²) in [5.74, 6) is -0.752. The molecule has 1 fully saturated rings. The van der Waals surface area contributed by atoms with Crippen molar-refractivity contribution in [2.45, 2.75) is 12.8 Å². The van der Waals surface area contributed by atoms with Crippen LogP contribution >= 0.6 is 0 Å². The van der Waals surface area contributed by atoms with Crippen LogP contribution in [0.1, 0.15) is 12.8 Å². The molecule has 1 aromatic rings. The standard InChI is InChI=1S/C15H15N3O4/c1-16-13-8-12(19)14(9-5-6-9)15(20)17(13)10-3-2-4-11(7-10)18(21)22/h2-4,7-9,14,16H,5-6H2,1H3. The molecule has 1 N–H and O–H groups in total. The van der Waals surface area contributed by atoms with Crippen LogP contribution < -0.4 is 10.2 Å². The number of non-ortho nitro benzene ring substituents is 1. The fourth-order valence-electron chi connectivity index (χ4n) is 2.73. The number of amides is 1. The van der Waals surface area contributed by atoms with Crippen LogP contribution in [-0.4, -0.2) is 23.7 Å². The smallest absolute Gasteiger partial charge is 0.271 e. The Morgan fingerprint density at radius 1 is 1.32 bits per heavy atom. The number of nitro benzene ring substituents is 1. The summed E-state index contributed by atoms with van der Waals surface area (Å²) >= 11 is 0. The molecule has 1 aliphatic carbocycles. The molecule has 1 heterocycles. The molecule has 3 rings (SSSR count). The number of nitro groups is 1. The van der Waals surface area contributed by atoms with Gasteiger partial charge in [0.15, 0.2) is 5.78 Å². The van der Waals surface area contributed by atoms with Gasteiger partial charge in [0.05, 0.1) is 10.6 Å². The topological polar surface area (TPSA) is 92.6 Å². The van der Waals surface area contributed by atoms with Crippen LogP contribution in [0.4, 0.5) is 11.4 Å². The zero-order valence-electron chi connectivity index (χ0n) is 12.0. The lowest BCUT2D eigenvalue weighted by Gasteiger charge is -2.32. The minimum absolute atomic E-state index is 0.0934. The maximum Gasteiger partial charge on any atom is 0.271 e. The van der Waals surface area contributed by atoms with Crippen LogP contribution in [0.2, 0.25) is 0 Å². The van der Waals surface area contributed by atoms with Crippen LogP contribution in [0.3, 0.4) is 0 Å². The highest BCUT2D eigenvalue weighted by molar-refractivity contribution is 6.17. The van der Waals surface area contributed by atoms with Gasteiger partial charge >= 0.3 is 0 Å². The summed E-state index contributed by atoms with van der Waals surface area (Å²) < 4.78 is 0. The van der Waals surface area contributed by atoms with Crippen LogP contribution in [0.5, 0.6) is 0 Å². The maximum atomic E-state index is 12.7. The van der Waals surface area contributed by atoms with Gasteiger partial charge in [0.1, 0.15) is 11.7 Å². The first-order chi connectivity index (χ1) is 10.5. The van der Waals surface area contributed by atoms with Gasteiger partial charge in [-0.15, -0.1) is 0 Å². The summed E-state index contributed by atoms with van der Waals surface area (Å²) in [5, 5.41) is 13.7. The van der Waals surface area contributed by atoms with E-state index >= 15 is 0 Å². The minimum Gasteiger partial charge on any atom is -0.374 e. The van der Waals surface area contributed by atoms with E-state index in [4.69, 9.17) is 0 Å². The van der Waals surface area contributed by atoms with Crippen molar-refractivity contribution in [2.24, 2.45) is 11.8 Å². The highest BCUT2D eigenvalue weighted by Gasteiger charge is 2.46. The molecule has 1 aromatic carbocycles. The van der Waals surface area contributed by atoms with Crippen molar-refractivity contribution in [3.05, 3.63) is 46.3 Å². The highest BCUT2D eigenvalue weighted by Crippen LogP contribution is 2.41. The van der Waals surface area contributed by atoms with E-state index in [-0.39, 0.29) is 23.3 Å². The van der Waals surface area contributed by atoms with Gasteiger partial charge in [-0.3, -0.25) is 24.6 Å². The second-order valence-corrected chi connectivity index (χ2v) is 5.45. The summed E-state index contributed by atoms with van der Waals surface area (Å²) in [6.45, 7) is 0. The second-order valence-electron chi connectivity index (χ2n) is 5.45. The molecule has 1 saturated carbocycles. The van der Waals surface area contributed by atoms with E-state index in [2.05, 4.69) is 5.32 Å². The number of rotatable bonds is 4. The molecule has 0 aromatic heterocycles. The lowest BCUT2D eigenvalue weighted by molar-refractivity contribution is -0.384. The van der Waals surface area contributed by atoms with E-state index in [9.17, 15) is 19.7 Å². The first-order valence-electron chi connectivity index (χ1n) is 7.04. The van der Waals surface area contributed by atoms with Gasteiger partial charge in [0.25, 0.3) is 5.69 Å². The number of ketones is 1. The number of hydrogen-bond donors (Lipinski definition) is 1. The van der Waals surface area contributed by atoms with Crippen LogP contribution in [0.25, 0.3) is 0 Å². The molecule has 7 heteroatoms. The van der Waals surface area contributed by atoms with E-state index in [1.165, 1.54) is 29.2 Å². The lowest BCUT2D eigenvalue weighted by atomic mass is 9.93. The summed E-state index contributed by atoms with van der Waals surface area (Å²) in [4.78, 5) is 36.6. The molecule has 2 aliphatic rings. The minimum atomic E-state index is -0.670. The first kappa shape index (κ1) is 14.2. The summed E-state index contributed by atoms with van der Waals surface area (Å²) in [6, 6.07) is 5.85. The average molecular weight is 301 g/mol. The van der Waals surface area contributed by atoms with Crippen molar-refractivity contribution in [2.75, 3.05) is 11.9 Å². The Kier molecular flexibility index (Phi) is 3.40. The van der Waals surface area contributed by atoms with Gasteiger partial charge in [0.2, 0.25) is 5.91 Å². The van der Waals surface area contributed by atoms with Gasteiger partial charge in [-0.25, -0.2) is 0 Å². The van der Waals surface area contributed by atoms with Crippen molar-refractivity contribution in [1.82, 2.24) is 5.32 Å². The van der Waals surface area contributed by atoms with Crippen LogP contribution in [-0.2, 0) is 9.59 Å². The normalized spacial score (nSPS) is 21.6. The Bertz CT molecular complexity index is 694. The zero-order chi connectivity index (χ0) is 15.9.